The van der Waals surface area contributed by atoms with Crippen LogP contribution in [0.2, 0.25) is 10.0 Å². The average molecular weight is 510 g/mol. The summed E-state index contributed by atoms with van der Waals surface area (Å²) in [4.78, 5) is 34.0. The summed E-state index contributed by atoms with van der Waals surface area (Å²) in [5.74, 6) is 0.675. The minimum atomic E-state index is -0.559. The molecule has 6 nitrogen and oxygen atoms in total. The number of ether oxygens (including phenoxy) is 1. The number of fused-ring (bicyclic) bond motifs is 1. The van der Waals surface area contributed by atoms with Crippen molar-refractivity contribution in [2.24, 2.45) is 0 Å². The molecule has 180 valence electrons. The minimum absolute atomic E-state index is 0.240. The zero-order chi connectivity index (χ0) is 25.1. The van der Waals surface area contributed by atoms with Gasteiger partial charge < -0.3 is 9.64 Å². The van der Waals surface area contributed by atoms with E-state index in [1.807, 2.05) is 32.0 Å². The van der Waals surface area contributed by atoms with Crippen molar-refractivity contribution in [3.8, 4) is 11.4 Å². The topological polar surface area (TPSA) is 64.4 Å². The van der Waals surface area contributed by atoms with Crippen LogP contribution in [0.3, 0.4) is 0 Å². The number of carbonyl (C=O) groups is 1. The average Bonchev–Trinajstić information content (AvgIpc) is 2.86. The fourth-order valence-corrected chi connectivity index (χ4v) is 4.64. The number of amides is 1. The lowest BCUT2D eigenvalue weighted by molar-refractivity contribution is 0.0681. The van der Waals surface area contributed by atoms with Crippen molar-refractivity contribution in [3.63, 3.8) is 0 Å². The summed E-state index contributed by atoms with van der Waals surface area (Å²) < 4.78 is 7.09. The Morgan fingerprint density at radius 3 is 2.51 bits per heavy atom. The summed E-state index contributed by atoms with van der Waals surface area (Å²) >= 11 is 12.4. The Morgan fingerprint density at radius 1 is 1.09 bits per heavy atom. The molecule has 0 saturated heterocycles. The molecule has 1 heterocycles. The van der Waals surface area contributed by atoms with Crippen molar-refractivity contribution >= 4 is 40.0 Å². The molecule has 4 rings (SSSR count). The number of halogens is 2. The normalized spacial score (nSPS) is 11.9. The molecule has 0 aliphatic carbocycles. The van der Waals surface area contributed by atoms with E-state index < -0.39 is 6.04 Å². The van der Waals surface area contributed by atoms with E-state index in [1.54, 1.807) is 60.5 Å². The Bertz CT molecular complexity index is 1450. The molecule has 0 aliphatic heterocycles. The smallest absolute Gasteiger partial charge is 0.266 e. The van der Waals surface area contributed by atoms with Gasteiger partial charge in [0.1, 0.15) is 11.6 Å². The highest BCUT2D eigenvalue weighted by molar-refractivity contribution is 6.36. The molecule has 8 heteroatoms. The van der Waals surface area contributed by atoms with E-state index in [1.165, 1.54) is 4.57 Å². The van der Waals surface area contributed by atoms with E-state index in [0.29, 0.717) is 51.7 Å². The predicted octanol–water partition coefficient (Wildman–Crippen LogP) is 6.31. The minimum Gasteiger partial charge on any atom is -0.495 e. The molecule has 0 N–H and O–H groups in total. The quantitative estimate of drug-likeness (QED) is 0.292. The molecule has 0 bridgehead atoms. The molecule has 1 amide bonds. The van der Waals surface area contributed by atoms with Gasteiger partial charge in [0.05, 0.1) is 40.3 Å². The highest BCUT2D eigenvalue weighted by atomic mass is 35.5. The fraction of sp³-hybridized carbons (Fsp3) is 0.222. The Hall–Kier alpha value is -3.35. The van der Waals surface area contributed by atoms with Crippen molar-refractivity contribution in [3.05, 3.63) is 98.5 Å². The lowest BCUT2D eigenvalue weighted by Crippen LogP contribution is -2.38. The second-order valence-electron chi connectivity index (χ2n) is 8.10. The highest BCUT2D eigenvalue weighted by Gasteiger charge is 2.29. The monoisotopic (exact) mass is 509 g/mol. The first-order valence-corrected chi connectivity index (χ1v) is 12.0. The third-order valence-electron chi connectivity index (χ3n) is 5.86. The van der Waals surface area contributed by atoms with Gasteiger partial charge in [-0.05, 0) is 55.8 Å². The van der Waals surface area contributed by atoms with Gasteiger partial charge in [0.25, 0.3) is 11.5 Å². The van der Waals surface area contributed by atoms with Crippen LogP contribution in [-0.2, 0) is 0 Å². The zero-order valence-corrected chi connectivity index (χ0v) is 21.2. The second kappa shape index (κ2) is 10.5. The third-order valence-corrected chi connectivity index (χ3v) is 6.40. The maximum Gasteiger partial charge on any atom is 0.266 e. The van der Waals surface area contributed by atoms with E-state index in [0.717, 1.165) is 0 Å². The van der Waals surface area contributed by atoms with E-state index in [-0.39, 0.29) is 16.5 Å². The summed E-state index contributed by atoms with van der Waals surface area (Å²) in [6.45, 7) is 4.28. The van der Waals surface area contributed by atoms with Crippen LogP contribution >= 0.6 is 23.2 Å². The van der Waals surface area contributed by atoms with Crippen LogP contribution in [-0.4, -0.2) is 34.0 Å². The first-order chi connectivity index (χ1) is 16.9. The summed E-state index contributed by atoms with van der Waals surface area (Å²) in [6, 6.07) is 18.7. The number of benzene rings is 3. The summed E-state index contributed by atoms with van der Waals surface area (Å²) in [6.07, 6.45) is 0.702. The number of carbonyl (C=O) groups excluding carboxylic acids is 1. The first-order valence-electron chi connectivity index (χ1n) is 11.3. The third kappa shape index (κ3) is 4.77. The molecule has 1 unspecified atom stereocenters. The van der Waals surface area contributed by atoms with Gasteiger partial charge in [-0.2, -0.15) is 0 Å². The van der Waals surface area contributed by atoms with Crippen molar-refractivity contribution in [2.45, 2.75) is 26.3 Å². The molecule has 0 fully saturated rings. The molecular weight excluding hydrogens is 485 g/mol. The maximum absolute atomic E-state index is 13.8. The molecule has 0 radical (unpaired) electrons. The number of nitrogens with zero attached hydrogens (tertiary/aromatic N) is 3. The molecular formula is C27H25Cl2N3O3. The van der Waals surface area contributed by atoms with E-state index in [9.17, 15) is 9.59 Å². The molecule has 0 aliphatic rings. The van der Waals surface area contributed by atoms with Gasteiger partial charge in [0.2, 0.25) is 0 Å². The van der Waals surface area contributed by atoms with Crippen molar-refractivity contribution in [1.82, 2.24) is 14.5 Å². The molecule has 4 aromatic rings. The van der Waals surface area contributed by atoms with Gasteiger partial charge in [-0.1, -0.05) is 54.4 Å². The number of aromatic nitrogens is 2. The second-order valence-corrected chi connectivity index (χ2v) is 8.94. The fourth-order valence-electron chi connectivity index (χ4n) is 4.15. The zero-order valence-electron chi connectivity index (χ0n) is 19.7. The summed E-state index contributed by atoms with van der Waals surface area (Å²) in [7, 11) is 1.55. The van der Waals surface area contributed by atoms with Gasteiger partial charge in [-0.3, -0.25) is 14.2 Å². The maximum atomic E-state index is 13.8. The van der Waals surface area contributed by atoms with Crippen LogP contribution < -0.4 is 10.3 Å². The molecule has 3 aromatic carbocycles. The molecule has 1 aromatic heterocycles. The van der Waals surface area contributed by atoms with Crippen LogP contribution in [0.4, 0.5) is 0 Å². The van der Waals surface area contributed by atoms with Crippen LogP contribution in [0.25, 0.3) is 16.6 Å². The van der Waals surface area contributed by atoms with Crippen LogP contribution in [0.15, 0.2) is 71.5 Å². The molecule has 0 spiro atoms. The first kappa shape index (κ1) is 24.8. The van der Waals surface area contributed by atoms with Gasteiger partial charge in [0.15, 0.2) is 0 Å². The van der Waals surface area contributed by atoms with Crippen LogP contribution in [0.1, 0.15) is 42.5 Å². The van der Waals surface area contributed by atoms with E-state index >= 15 is 0 Å². The van der Waals surface area contributed by atoms with Gasteiger partial charge >= 0.3 is 0 Å². The van der Waals surface area contributed by atoms with E-state index in [4.69, 9.17) is 32.9 Å². The molecule has 0 saturated carbocycles. The largest absolute Gasteiger partial charge is 0.495 e. The van der Waals surface area contributed by atoms with Crippen molar-refractivity contribution < 1.29 is 9.53 Å². The van der Waals surface area contributed by atoms with Gasteiger partial charge in [-0.15, -0.1) is 0 Å². The standard InChI is InChI=1S/C27H25Cl2N3O3/c1-4-15-31(26(33)19-14-13-18(28)16-21(19)29)17(2)25-30-22-10-6-5-9-20(22)27(34)32(25)23-11-7-8-12-24(23)35-3/h5-14,16-17H,4,15H2,1-3H3. The SMILES string of the molecule is CCCN(C(=O)c1ccc(Cl)cc1Cl)C(C)c1nc2ccccc2c(=O)n1-c1ccccc1OC. The van der Waals surface area contributed by atoms with Gasteiger partial charge in [-0.25, -0.2) is 4.98 Å². The highest BCUT2D eigenvalue weighted by Crippen LogP contribution is 2.30. The number of methoxy groups -OCH3 is 1. The molecule has 35 heavy (non-hydrogen) atoms. The lowest BCUT2D eigenvalue weighted by atomic mass is 10.1. The number of hydrogen-bond donors (Lipinski definition) is 0. The lowest BCUT2D eigenvalue weighted by Gasteiger charge is -2.31. The number of rotatable bonds is 7. The Morgan fingerprint density at radius 2 is 1.80 bits per heavy atom. The summed E-state index contributed by atoms with van der Waals surface area (Å²) in [5.41, 5.74) is 1.20. The van der Waals surface area contributed by atoms with Crippen LogP contribution in [0.5, 0.6) is 5.75 Å². The van der Waals surface area contributed by atoms with Gasteiger partial charge in [0, 0.05) is 11.6 Å². The Balaban J connectivity index is 1.94. The number of para-hydroxylation sites is 3. The number of hydrogen-bond acceptors (Lipinski definition) is 4. The molecule has 1 atom stereocenters. The van der Waals surface area contributed by atoms with Crippen molar-refractivity contribution in [2.75, 3.05) is 13.7 Å². The Labute approximate surface area is 213 Å². The van der Waals surface area contributed by atoms with E-state index in [2.05, 4.69) is 0 Å². The van der Waals surface area contributed by atoms with Crippen molar-refractivity contribution in [1.29, 1.82) is 0 Å². The summed E-state index contributed by atoms with van der Waals surface area (Å²) in [5, 5.41) is 1.19. The van der Waals surface area contributed by atoms with Crippen LogP contribution in [0, 0.1) is 0 Å². The Kier molecular flexibility index (Phi) is 7.43. The predicted molar refractivity (Wildman–Crippen MR) is 140 cm³/mol.